The van der Waals surface area contributed by atoms with E-state index in [0.717, 1.165) is 18.9 Å². The number of carbonyl (C=O) groups is 1. The van der Waals surface area contributed by atoms with Crippen molar-refractivity contribution >= 4 is 5.91 Å². The van der Waals surface area contributed by atoms with E-state index in [1.165, 1.54) is 12.1 Å². The van der Waals surface area contributed by atoms with E-state index in [0.29, 0.717) is 26.0 Å². The van der Waals surface area contributed by atoms with Crippen molar-refractivity contribution in [1.29, 1.82) is 0 Å². The summed E-state index contributed by atoms with van der Waals surface area (Å²) in [4.78, 5) is 15.1. The molecular formula is C18H23F2NO3. The molecule has 0 bridgehead atoms. The van der Waals surface area contributed by atoms with Gasteiger partial charge in [0.05, 0.1) is 30.8 Å². The quantitative estimate of drug-likeness (QED) is 0.920. The fraction of sp³-hybridized carbons (Fsp3) is 0.611. The molecule has 1 saturated carbocycles. The van der Waals surface area contributed by atoms with Crippen LogP contribution in [-0.4, -0.2) is 47.8 Å². The number of morpholine rings is 1. The Kier molecular flexibility index (Phi) is 4.88. The van der Waals surface area contributed by atoms with Gasteiger partial charge in [0, 0.05) is 18.2 Å². The summed E-state index contributed by atoms with van der Waals surface area (Å²) in [7, 11) is 0. The first-order chi connectivity index (χ1) is 11.5. The van der Waals surface area contributed by atoms with E-state index < -0.39 is 23.2 Å². The predicted molar refractivity (Wildman–Crippen MR) is 84.5 cm³/mol. The Morgan fingerprint density at radius 2 is 2.08 bits per heavy atom. The van der Waals surface area contributed by atoms with E-state index >= 15 is 0 Å². The molecule has 24 heavy (non-hydrogen) atoms. The van der Waals surface area contributed by atoms with Crippen LogP contribution in [0.4, 0.5) is 8.78 Å². The average Bonchev–Trinajstić information content (AvgIpc) is 3.05. The van der Waals surface area contributed by atoms with Crippen molar-refractivity contribution in [2.24, 2.45) is 0 Å². The molecule has 0 radical (unpaired) electrons. The number of rotatable bonds is 3. The maximum absolute atomic E-state index is 14.4. The topological polar surface area (TPSA) is 49.8 Å². The third-order valence-electron chi connectivity index (χ3n) is 5.28. The summed E-state index contributed by atoms with van der Waals surface area (Å²) in [6, 6.07) is 3.33. The molecule has 2 aliphatic rings. The second-order valence-electron chi connectivity index (χ2n) is 6.86. The Bertz CT molecular complexity index is 616. The van der Waals surface area contributed by atoms with Gasteiger partial charge in [-0.3, -0.25) is 4.79 Å². The first-order valence-corrected chi connectivity index (χ1v) is 8.47. The van der Waals surface area contributed by atoms with Crippen molar-refractivity contribution in [2.45, 2.75) is 50.2 Å². The largest absolute Gasteiger partial charge is 0.394 e. The number of carbonyl (C=O) groups excluding carboxylic acids is 1. The Labute approximate surface area is 140 Å². The van der Waals surface area contributed by atoms with Crippen LogP contribution in [0, 0.1) is 11.6 Å². The second kappa shape index (κ2) is 6.76. The highest BCUT2D eigenvalue weighted by Crippen LogP contribution is 2.44. The third-order valence-corrected chi connectivity index (χ3v) is 5.28. The summed E-state index contributed by atoms with van der Waals surface area (Å²) >= 11 is 0. The lowest BCUT2D eigenvalue weighted by molar-refractivity contribution is -0.152. The maximum atomic E-state index is 14.4. The molecular weight excluding hydrogens is 316 g/mol. The van der Waals surface area contributed by atoms with Gasteiger partial charge in [-0.25, -0.2) is 8.78 Å². The van der Waals surface area contributed by atoms with Gasteiger partial charge in [0.15, 0.2) is 0 Å². The van der Waals surface area contributed by atoms with Gasteiger partial charge in [-0.15, -0.1) is 0 Å². The highest BCUT2D eigenvalue weighted by Gasteiger charge is 2.48. The van der Waals surface area contributed by atoms with Crippen LogP contribution in [0.25, 0.3) is 0 Å². The molecule has 3 rings (SSSR count). The average molecular weight is 339 g/mol. The summed E-state index contributed by atoms with van der Waals surface area (Å²) in [5, 5.41) is 9.33. The fourth-order valence-corrected chi connectivity index (χ4v) is 3.94. The van der Waals surface area contributed by atoms with Crippen molar-refractivity contribution in [1.82, 2.24) is 4.90 Å². The number of hydrogen-bond donors (Lipinski definition) is 1. The molecule has 2 atom stereocenters. The van der Waals surface area contributed by atoms with Gasteiger partial charge >= 0.3 is 0 Å². The highest BCUT2D eigenvalue weighted by atomic mass is 19.1. The van der Waals surface area contributed by atoms with Crippen LogP contribution in [0.15, 0.2) is 18.2 Å². The number of hydrogen-bond acceptors (Lipinski definition) is 3. The zero-order chi connectivity index (χ0) is 17.3. The summed E-state index contributed by atoms with van der Waals surface area (Å²) in [5.74, 6) is -1.44. The molecule has 1 aromatic rings. The Morgan fingerprint density at radius 3 is 2.71 bits per heavy atom. The van der Waals surface area contributed by atoms with Crippen molar-refractivity contribution in [3.63, 3.8) is 0 Å². The highest BCUT2D eigenvalue weighted by molar-refractivity contribution is 5.89. The zero-order valence-electron chi connectivity index (χ0n) is 13.8. The molecule has 4 nitrogen and oxygen atoms in total. The molecule has 1 aromatic carbocycles. The molecule has 1 heterocycles. The lowest BCUT2D eigenvalue weighted by Crippen LogP contribution is -2.57. The van der Waals surface area contributed by atoms with Crippen molar-refractivity contribution in [2.75, 3.05) is 19.8 Å². The van der Waals surface area contributed by atoms with Crippen molar-refractivity contribution < 1.29 is 23.4 Å². The SMILES string of the molecule is CC1COC(CO)CN1C(=O)C1(c2ccc(F)cc2F)CCCC1. The number of nitrogens with zero attached hydrogens (tertiary/aromatic N) is 1. The van der Waals surface area contributed by atoms with Gasteiger partial charge in [0.2, 0.25) is 5.91 Å². The number of benzene rings is 1. The molecule has 1 aliphatic heterocycles. The summed E-state index contributed by atoms with van der Waals surface area (Å²) < 4.78 is 33.2. The molecule has 2 unspecified atom stereocenters. The monoisotopic (exact) mass is 339 g/mol. The molecule has 6 heteroatoms. The van der Waals surface area contributed by atoms with E-state index in [-0.39, 0.29) is 24.1 Å². The van der Waals surface area contributed by atoms with Gasteiger partial charge in [-0.1, -0.05) is 18.9 Å². The van der Waals surface area contributed by atoms with Crippen LogP contribution in [0.2, 0.25) is 0 Å². The van der Waals surface area contributed by atoms with E-state index in [1.54, 1.807) is 4.90 Å². The molecule has 2 fully saturated rings. The summed E-state index contributed by atoms with van der Waals surface area (Å²) in [6.07, 6.45) is 2.38. The minimum absolute atomic E-state index is 0.138. The molecule has 0 spiro atoms. The van der Waals surface area contributed by atoms with E-state index in [1.807, 2.05) is 6.92 Å². The third kappa shape index (κ3) is 2.93. The van der Waals surface area contributed by atoms with Crippen LogP contribution < -0.4 is 0 Å². The normalized spacial score (nSPS) is 26.6. The number of halogens is 2. The van der Waals surface area contributed by atoms with E-state index in [2.05, 4.69) is 0 Å². The van der Waals surface area contributed by atoms with E-state index in [9.17, 15) is 18.7 Å². The van der Waals surface area contributed by atoms with Gasteiger partial charge in [0.1, 0.15) is 11.6 Å². The lowest BCUT2D eigenvalue weighted by Gasteiger charge is -2.42. The van der Waals surface area contributed by atoms with Crippen LogP contribution in [0.1, 0.15) is 38.2 Å². The van der Waals surface area contributed by atoms with Crippen LogP contribution in [0.5, 0.6) is 0 Å². The maximum Gasteiger partial charge on any atom is 0.233 e. The Balaban J connectivity index is 1.96. The summed E-state index contributed by atoms with van der Waals surface area (Å²) in [5.41, 5.74) is -0.658. The summed E-state index contributed by atoms with van der Waals surface area (Å²) in [6.45, 7) is 2.36. The Morgan fingerprint density at radius 1 is 1.38 bits per heavy atom. The molecule has 1 aliphatic carbocycles. The minimum atomic E-state index is -0.941. The minimum Gasteiger partial charge on any atom is -0.394 e. The lowest BCUT2D eigenvalue weighted by atomic mass is 9.76. The Hall–Kier alpha value is -1.53. The van der Waals surface area contributed by atoms with Gasteiger partial charge in [0.25, 0.3) is 0 Å². The smallest absolute Gasteiger partial charge is 0.233 e. The fourth-order valence-electron chi connectivity index (χ4n) is 3.94. The first-order valence-electron chi connectivity index (χ1n) is 8.47. The van der Waals surface area contributed by atoms with Crippen LogP contribution in [0.3, 0.4) is 0 Å². The van der Waals surface area contributed by atoms with Crippen LogP contribution >= 0.6 is 0 Å². The van der Waals surface area contributed by atoms with Crippen molar-refractivity contribution in [3.05, 3.63) is 35.4 Å². The number of aliphatic hydroxyl groups excluding tert-OH is 1. The predicted octanol–water partition coefficient (Wildman–Crippen LogP) is 2.38. The molecule has 132 valence electrons. The van der Waals surface area contributed by atoms with Gasteiger partial charge in [-0.2, -0.15) is 0 Å². The number of ether oxygens (including phenoxy) is 1. The van der Waals surface area contributed by atoms with Crippen molar-refractivity contribution in [3.8, 4) is 0 Å². The van der Waals surface area contributed by atoms with Crippen LogP contribution in [-0.2, 0) is 14.9 Å². The van der Waals surface area contributed by atoms with Gasteiger partial charge < -0.3 is 14.7 Å². The standard InChI is InChI=1S/C18H23F2NO3/c1-12-11-24-14(10-22)9-21(12)17(23)18(6-2-3-7-18)15-5-4-13(19)8-16(15)20/h4-5,8,12,14,22H,2-3,6-7,9-11H2,1H3. The molecule has 1 N–H and O–H groups in total. The molecule has 0 aromatic heterocycles. The number of amides is 1. The number of aliphatic hydroxyl groups is 1. The second-order valence-corrected chi connectivity index (χ2v) is 6.86. The molecule has 1 saturated heterocycles. The van der Waals surface area contributed by atoms with E-state index in [4.69, 9.17) is 4.74 Å². The van der Waals surface area contributed by atoms with Gasteiger partial charge in [-0.05, 0) is 25.8 Å². The zero-order valence-corrected chi connectivity index (χ0v) is 13.8. The first kappa shape index (κ1) is 17.3. The molecule has 1 amide bonds.